The lowest BCUT2D eigenvalue weighted by Gasteiger charge is -2.09. The van der Waals surface area contributed by atoms with E-state index in [0.29, 0.717) is 40.3 Å². The minimum atomic E-state index is -0.129. The quantitative estimate of drug-likeness (QED) is 0.731. The van der Waals surface area contributed by atoms with Crippen LogP contribution in [0.2, 0.25) is 15.1 Å². The zero-order chi connectivity index (χ0) is 15.9. The lowest BCUT2D eigenvalue weighted by atomic mass is 10.2. The Labute approximate surface area is 144 Å². The van der Waals surface area contributed by atoms with Crippen LogP contribution in [-0.2, 0) is 11.3 Å². The molecule has 0 atom stereocenters. The summed E-state index contributed by atoms with van der Waals surface area (Å²) in [4.78, 5) is 11.9. The average Bonchev–Trinajstić information content (AvgIpc) is 2.49. The first-order valence-electron chi connectivity index (χ1n) is 6.75. The summed E-state index contributed by atoms with van der Waals surface area (Å²) in [5.74, 6) is -0.129. The monoisotopic (exact) mass is 356 g/mol. The van der Waals surface area contributed by atoms with E-state index in [0.717, 1.165) is 5.56 Å². The van der Waals surface area contributed by atoms with Crippen molar-refractivity contribution in [3.63, 3.8) is 0 Å². The summed E-state index contributed by atoms with van der Waals surface area (Å²) in [7, 11) is 0. The van der Waals surface area contributed by atoms with E-state index in [2.05, 4.69) is 10.6 Å². The fraction of sp³-hybridized carbons (Fsp3) is 0.188. The summed E-state index contributed by atoms with van der Waals surface area (Å²) in [6.07, 6.45) is 0.327. The number of benzene rings is 2. The van der Waals surface area contributed by atoms with Crippen LogP contribution < -0.4 is 10.6 Å². The highest BCUT2D eigenvalue weighted by atomic mass is 35.5. The molecule has 0 bridgehead atoms. The molecule has 6 heteroatoms. The van der Waals surface area contributed by atoms with Crippen LogP contribution in [0.4, 0.5) is 5.69 Å². The van der Waals surface area contributed by atoms with E-state index in [1.807, 2.05) is 24.3 Å². The third-order valence-electron chi connectivity index (χ3n) is 3.00. The van der Waals surface area contributed by atoms with Crippen molar-refractivity contribution in [2.75, 3.05) is 11.9 Å². The number of halogens is 3. The van der Waals surface area contributed by atoms with Crippen LogP contribution in [0.3, 0.4) is 0 Å². The number of hydrogen-bond donors (Lipinski definition) is 2. The Hall–Kier alpha value is -1.26. The fourth-order valence-corrected chi connectivity index (χ4v) is 2.41. The smallest absolute Gasteiger partial charge is 0.225 e. The third-order valence-corrected chi connectivity index (χ3v) is 3.94. The van der Waals surface area contributed by atoms with Crippen LogP contribution in [0.15, 0.2) is 42.5 Å². The van der Waals surface area contributed by atoms with Crippen LogP contribution in [0, 0.1) is 0 Å². The SMILES string of the molecule is O=C(CCNCc1ccccc1Cl)Nc1cc(Cl)ccc1Cl. The van der Waals surface area contributed by atoms with Gasteiger partial charge >= 0.3 is 0 Å². The summed E-state index contributed by atoms with van der Waals surface area (Å²) in [6.45, 7) is 1.15. The Morgan fingerprint density at radius 1 is 1.00 bits per heavy atom. The molecule has 3 nitrogen and oxygen atoms in total. The molecule has 116 valence electrons. The molecule has 0 radical (unpaired) electrons. The molecule has 0 aromatic heterocycles. The van der Waals surface area contributed by atoms with Gasteiger partial charge in [0.15, 0.2) is 0 Å². The largest absolute Gasteiger partial charge is 0.325 e. The first kappa shape index (κ1) is 17.1. The summed E-state index contributed by atoms with van der Waals surface area (Å²) < 4.78 is 0. The minimum Gasteiger partial charge on any atom is -0.325 e. The van der Waals surface area contributed by atoms with Crippen molar-refractivity contribution < 1.29 is 4.79 Å². The molecule has 0 aliphatic heterocycles. The zero-order valence-electron chi connectivity index (χ0n) is 11.7. The van der Waals surface area contributed by atoms with Gasteiger partial charge in [0.05, 0.1) is 10.7 Å². The summed E-state index contributed by atoms with van der Waals surface area (Å²) in [6, 6.07) is 12.5. The van der Waals surface area contributed by atoms with E-state index < -0.39 is 0 Å². The lowest BCUT2D eigenvalue weighted by molar-refractivity contribution is -0.116. The Bertz CT molecular complexity index is 662. The highest BCUT2D eigenvalue weighted by Gasteiger charge is 2.06. The molecule has 0 unspecified atom stereocenters. The Balaban J connectivity index is 1.76. The fourth-order valence-electron chi connectivity index (χ4n) is 1.87. The van der Waals surface area contributed by atoms with Crippen molar-refractivity contribution >= 4 is 46.4 Å². The van der Waals surface area contributed by atoms with E-state index in [4.69, 9.17) is 34.8 Å². The van der Waals surface area contributed by atoms with Crippen molar-refractivity contribution in [1.29, 1.82) is 0 Å². The maximum atomic E-state index is 11.9. The van der Waals surface area contributed by atoms with Gasteiger partial charge < -0.3 is 10.6 Å². The molecular weight excluding hydrogens is 343 g/mol. The second-order valence-corrected chi connectivity index (χ2v) is 5.94. The maximum Gasteiger partial charge on any atom is 0.225 e. The van der Waals surface area contributed by atoms with Crippen LogP contribution in [0.1, 0.15) is 12.0 Å². The van der Waals surface area contributed by atoms with Crippen molar-refractivity contribution in [2.45, 2.75) is 13.0 Å². The molecule has 0 saturated carbocycles. The van der Waals surface area contributed by atoms with Gasteiger partial charge in [0, 0.05) is 29.6 Å². The average molecular weight is 358 g/mol. The number of carbonyl (C=O) groups is 1. The van der Waals surface area contributed by atoms with Crippen molar-refractivity contribution in [2.24, 2.45) is 0 Å². The Morgan fingerprint density at radius 2 is 1.77 bits per heavy atom. The predicted molar refractivity (Wildman–Crippen MR) is 92.9 cm³/mol. The van der Waals surface area contributed by atoms with Crippen LogP contribution >= 0.6 is 34.8 Å². The Kier molecular flexibility index (Phi) is 6.52. The lowest BCUT2D eigenvalue weighted by Crippen LogP contribution is -2.21. The summed E-state index contributed by atoms with van der Waals surface area (Å²) in [5.41, 5.74) is 1.52. The maximum absolute atomic E-state index is 11.9. The van der Waals surface area contributed by atoms with Gasteiger partial charge in [0.25, 0.3) is 0 Å². The summed E-state index contributed by atoms with van der Waals surface area (Å²) in [5, 5.41) is 7.62. The molecular formula is C16H15Cl3N2O. The van der Waals surface area contributed by atoms with Crippen molar-refractivity contribution in [1.82, 2.24) is 5.32 Å². The first-order chi connectivity index (χ1) is 10.6. The van der Waals surface area contributed by atoms with Crippen LogP contribution in [0.5, 0.6) is 0 Å². The topological polar surface area (TPSA) is 41.1 Å². The van der Waals surface area contributed by atoms with Gasteiger partial charge in [-0.3, -0.25) is 4.79 Å². The van der Waals surface area contributed by atoms with E-state index in [9.17, 15) is 4.79 Å². The summed E-state index contributed by atoms with van der Waals surface area (Å²) >= 11 is 17.9. The molecule has 0 aliphatic carbocycles. The van der Waals surface area contributed by atoms with Crippen molar-refractivity contribution in [3.8, 4) is 0 Å². The molecule has 0 aliphatic rings. The molecule has 1 amide bonds. The molecule has 0 spiro atoms. The minimum absolute atomic E-state index is 0.129. The van der Waals surface area contributed by atoms with E-state index in [1.54, 1.807) is 18.2 Å². The molecule has 0 heterocycles. The zero-order valence-corrected chi connectivity index (χ0v) is 14.0. The highest BCUT2D eigenvalue weighted by Crippen LogP contribution is 2.25. The number of rotatable bonds is 6. The molecule has 2 aromatic carbocycles. The van der Waals surface area contributed by atoms with Crippen molar-refractivity contribution in [3.05, 3.63) is 63.1 Å². The number of anilines is 1. The van der Waals surface area contributed by atoms with Crippen LogP contribution in [0.25, 0.3) is 0 Å². The van der Waals surface area contributed by atoms with Gasteiger partial charge in [0.2, 0.25) is 5.91 Å². The molecule has 2 rings (SSSR count). The van der Waals surface area contributed by atoms with E-state index in [1.165, 1.54) is 0 Å². The van der Waals surface area contributed by atoms with Gasteiger partial charge in [-0.2, -0.15) is 0 Å². The number of nitrogens with one attached hydrogen (secondary N) is 2. The van der Waals surface area contributed by atoms with Gasteiger partial charge in [-0.15, -0.1) is 0 Å². The first-order valence-corrected chi connectivity index (χ1v) is 7.88. The van der Waals surface area contributed by atoms with Gasteiger partial charge in [-0.1, -0.05) is 53.0 Å². The molecule has 2 N–H and O–H groups in total. The van der Waals surface area contributed by atoms with Gasteiger partial charge in [-0.05, 0) is 29.8 Å². The highest BCUT2D eigenvalue weighted by molar-refractivity contribution is 6.35. The van der Waals surface area contributed by atoms with Gasteiger partial charge in [0.1, 0.15) is 0 Å². The number of amides is 1. The third kappa shape index (κ3) is 5.18. The normalized spacial score (nSPS) is 10.5. The predicted octanol–water partition coefficient (Wildman–Crippen LogP) is 4.77. The Morgan fingerprint density at radius 3 is 2.55 bits per heavy atom. The molecule has 0 fully saturated rings. The molecule has 22 heavy (non-hydrogen) atoms. The van der Waals surface area contributed by atoms with E-state index >= 15 is 0 Å². The molecule has 0 saturated heterocycles. The van der Waals surface area contributed by atoms with Gasteiger partial charge in [-0.25, -0.2) is 0 Å². The number of hydrogen-bond acceptors (Lipinski definition) is 2. The standard InChI is InChI=1S/C16H15Cl3N2O/c17-12-5-6-14(19)15(9-12)21-16(22)7-8-20-10-11-3-1-2-4-13(11)18/h1-6,9,20H,7-8,10H2,(H,21,22). The van der Waals surface area contributed by atoms with Crippen LogP contribution in [-0.4, -0.2) is 12.5 Å². The number of carbonyl (C=O) groups excluding carboxylic acids is 1. The second kappa shape index (κ2) is 8.39. The van der Waals surface area contributed by atoms with E-state index in [-0.39, 0.29) is 5.91 Å². The molecule has 2 aromatic rings. The second-order valence-electron chi connectivity index (χ2n) is 4.69.